The van der Waals surface area contributed by atoms with Crippen LogP contribution in [0.25, 0.3) is 0 Å². The van der Waals surface area contributed by atoms with Crippen LogP contribution in [0.5, 0.6) is 0 Å². The number of H-pyrrole nitrogens is 1. The van der Waals surface area contributed by atoms with Gasteiger partial charge in [-0.05, 0) is 44.1 Å². The van der Waals surface area contributed by atoms with Gasteiger partial charge in [0.25, 0.3) is 0 Å². The topological polar surface area (TPSA) is 40.7 Å². The van der Waals surface area contributed by atoms with E-state index in [1.165, 1.54) is 38.5 Å². The SMILES string of the molecule is CC1(C)CCCC(NCCCc2ncc[nH]2)CC1. The van der Waals surface area contributed by atoms with Crippen LogP contribution in [-0.2, 0) is 6.42 Å². The van der Waals surface area contributed by atoms with Gasteiger partial charge in [-0.3, -0.25) is 0 Å². The highest BCUT2D eigenvalue weighted by Crippen LogP contribution is 2.33. The largest absolute Gasteiger partial charge is 0.349 e. The Morgan fingerprint density at radius 3 is 3.06 bits per heavy atom. The van der Waals surface area contributed by atoms with Crippen LogP contribution < -0.4 is 5.32 Å². The molecule has 0 aliphatic heterocycles. The molecule has 1 unspecified atom stereocenters. The van der Waals surface area contributed by atoms with Crippen molar-refractivity contribution in [3.63, 3.8) is 0 Å². The molecule has 1 atom stereocenters. The minimum atomic E-state index is 0.560. The van der Waals surface area contributed by atoms with Crippen LogP contribution in [0.15, 0.2) is 12.4 Å². The first-order valence-electron chi connectivity index (χ1n) is 7.37. The Labute approximate surface area is 111 Å². The first kappa shape index (κ1) is 13.6. The molecule has 1 aromatic rings. The van der Waals surface area contributed by atoms with Crippen molar-refractivity contribution in [1.82, 2.24) is 15.3 Å². The maximum absolute atomic E-state index is 4.25. The fourth-order valence-electron chi connectivity index (χ4n) is 2.86. The maximum Gasteiger partial charge on any atom is 0.106 e. The standard InChI is InChI=1S/C15H27N3/c1-15(2)8-3-5-13(7-9-15)16-10-4-6-14-17-11-12-18-14/h11-13,16H,3-10H2,1-2H3,(H,17,18). The number of hydrogen-bond acceptors (Lipinski definition) is 2. The molecule has 1 heterocycles. The Bertz CT molecular complexity index is 330. The van der Waals surface area contributed by atoms with Crippen LogP contribution in [0.2, 0.25) is 0 Å². The number of nitrogens with zero attached hydrogens (tertiary/aromatic N) is 1. The number of rotatable bonds is 5. The van der Waals surface area contributed by atoms with Crippen molar-refractivity contribution >= 4 is 0 Å². The smallest absolute Gasteiger partial charge is 0.106 e. The zero-order valence-electron chi connectivity index (χ0n) is 11.8. The summed E-state index contributed by atoms with van der Waals surface area (Å²) in [6, 6.07) is 0.739. The third kappa shape index (κ3) is 4.45. The summed E-state index contributed by atoms with van der Waals surface area (Å²) in [5.41, 5.74) is 0.560. The van der Waals surface area contributed by atoms with Gasteiger partial charge >= 0.3 is 0 Å². The van der Waals surface area contributed by atoms with Crippen LogP contribution >= 0.6 is 0 Å². The molecule has 3 heteroatoms. The van der Waals surface area contributed by atoms with E-state index in [1.807, 2.05) is 12.4 Å². The first-order valence-corrected chi connectivity index (χ1v) is 7.37. The summed E-state index contributed by atoms with van der Waals surface area (Å²) in [4.78, 5) is 7.41. The van der Waals surface area contributed by atoms with E-state index < -0.39 is 0 Å². The molecule has 1 aliphatic carbocycles. The molecule has 1 aliphatic rings. The van der Waals surface area contributed by atoms with E-state index in [1.54, 1.807) is 0 Å². The summed E-state index contributed by atoms with van der Waals surface area (Å²) in [6.07, 6.45) is 12.8. The fourth-order valence-corrected chi connectivity index (χ4v) is 2.86. The molecule has 3 nitrogen and oxygen atoms in total. The van der Waals surface area contributed by atoms with E-state index in [-0.39, 0.29) is 0 Å². The van der Waals surface area contributed by atoms with Crippen molar-refractivity contribution < 1.29 is 0 Å². The molecule has 1 fully saturated rings. The normalized spacial score (nSPS) is 23.8. The summed E-state index contributed by atoms with van der Waals surface area (Å²) in [5, 5.41) is 3.72. The minimum absolute atomic E-state index is 0.560. The first-order chi connectivity index (χ1) is 8.66. The number of nitrogens with one attached hydrogen (secondary N) is 2. The van der Waals surface area contributed by atoms with Crippen LogP contribution in [0.1, 0.15) is 58.2 Å². The molecule has 1 aromatic heterocycles. The van der Waals surface area contributed by atoms with Gasteiger partial charge in [-0.1, -0.05) is 20.3 Å². The van der Waals surface area contributed by atoms with Gasteiger partial charge in [0, 0.05) is 24.9 Å². The second-order valence-corrected chi connectivity index (χ2v) is 6.39. The van der Waals surface area contributed by atoms with Crippen molar-refractivity contribution in [1.29, 1.82) is 0 Å². The molecule has 1 saturated carbocycles. The Hall–Kier alpha value is -0.830. The average molecular weight is 249 g/mol. The fraction of sp³-hybridized carbons (Fsp3) is 0.800. The predicted molar refractivity (Wildman–Crippen MR) is 75.6 cm³/mol. The molecule has 2 N–H and O–H groups in total. The van der Waals surface area contributed by atoms with Gasteiger partial charge in [0.2, 0.25) is 0 Å². The third-order valence-electron chi connectivity index (χ3n) is 4.15. The van der Waals surface area contributed by atoms with Crippen LogP contribution in [0.4, 0.5) is 0 Å². The predicted octanol–water partition coefficient (Wildman–Crippen LogP) is 3.29. The van der Waals surface area contributed by atoms with E-state index in [0.29, 0.717) is 5.41 Å². The average Bonchev–Trinajstić information content (AvgIpc) is 2.77. The quantitative estimate of drug-likeness (QED) is 0.621. The number of aromatic amines is 1. The van der Waals surface area contributed by atoms with Gasteiger partial charge in [-0.15, -0.1) is 0 Å². The lowest BCUT2D eigenvalue weighted by atomic mass is 9.85. The number of aryl methyl sites for hydroxylation is 1. The second-order valence-electron chi connectivity index (χ2n) is 6.39. The van der Waals surface area contributed by atoms with Crippen LogP contribution in [0, 0.1) is 5.41 Å². The molecule has 0 amide bonds. The van der Waals surface area contributed by atoms with E-state index >= 15 is 0 Å². The monoisotopic (exact) mass is 249 g/mol. The lowest BCUT2D eigenvalue weighted by Crippen LogP contribution is -2.29. The Kier molecular flexibility index (Phi) is 4.81. The lowest BCUT2D eigenvalue weighted by Gasteiger charge is -2.22. The Balaban J connectivity index is 1.61. The summed E-state index contributed by atoms with van der Waals surface area (Å²) >= 11 is 0. The summed E-state index contributed by atoms with van der Waals surface area (Å²) < 4.78 is 0. The van der Waals surface area contributed by atoms with Crippen molar-refractivity contribution in [3.8, 4) is 0 Å². The van der Waals surface area contributed by atoms with Crippen molar-refractivity contribution in [2.45, 2.75) is 64.8 Å². The molecule has 0 spiro atoms. The number of imidazole rings is 1. The summed E-state index contributed by atoms with van der Waals surface area (Å²) in [7, 11) is 0. The highest BCUT2D eigenvalue weighted by molar-refractivity contribution is 4.87. The summed E-state index contributed by atoms with van der Waals surface area (Å²) in [6.45, 7) is 5.93. The maximum atomic E-state index is 4.25. The zero-order chi connectivity index (χ0) is 12.8. The van der Waals surface area contributed by atoms with Crippen LogP contribution in [-0.4, -0.2) is 22.6 Å². The molecule has 0 saturated heterocycles. The molecule has 0 aromatic carbocycles. The Morgan fingerprint density at radius 2 is 2.28 bits per heavy atom. The van der Waals surface area contributed by atoms with Gasteiger partial charge in [-0.2, -0.15) is 0 Å². The highest BCUT2D eigenvalue weighted by atomic mass is 14.9. The molecular weight excluding hydrogens is 222 g/mol. The van der Waals surface area contributed by atoms with E-state index in [0.717, 1.165) is 24.8 Å². The van der Waals surface area contributed by atoms with Gasteiger partial charge in [0.1, 0.15) is 5.82 Å². The molecule has 102 valence electrons. The molecular formula is C15H27N3. The van der Waals surface area contributed by atoms with E-state index in [2.05, 4.69) is 29.1 Å². The van der Waals surface area contributed by atoms with Gasteiger partial charge in [0.15, 0.2) is 0 Å². The molecule has 0 bridgehead atoms. The lowest BCUT2D eigenvalue weighted by molar-refractivity contribution is 0.309. The van der Waals surface area contributed by atoms with E-state index in [4.69, 9.17) is 0 Å². The molecule has 18 heavy (non-hydrogen) atoms. The van der Waals surface area contributed by atoms with Crippen molar-refractivity contribution in [3.05, 3.63) is 18.2 Å². The van der Waals surface area contributed by atoms with Crippen LogP contribution in [0.3, 0.4) is 0 Å². The molecule has 0 radical (unpaired) electrons. The Morgan fingerprint density at radius 1 is 1.39 bits per heavy atom. The minimum Gasteiger partial charge on any atom is -0.349 e. The zero-order valence-corrected chi connectivity index (χ0v) is 11.8. The third-order valence-corrected chi connectivity index (χ3v) is 4.15. The van der Waals surface area contributed by atoms with Crippen molar-refractivity contribution in [2.24, 2.45) is 5.41 Å². The summed E-state index contributed by atoms with van der Waals surface area (Å²) in [5.74, 6) is 1.11. The highest BCUT2D eigenvalue weighted by Gasteiger charge is 2.23. The van der Waals surface area contributed by atoms with Gasteiger partial charge < -0.3 is 10.3 Å². The van der Waals surface area contributed by atoms with Crippen molar-refractivity contribution in [2.75, 3.05) is 6.54 Å². The number of aromatic nitrogens is 2. The second kappa shape index (κ2) is 6.37. The number of hydrogen-bond donors (Lipinski definition) is 2. The molecule has 2 rings (SSSR count). The van der Waals surface area contributed by atoms with Gasteiger partial charge in [-0.25, -0.2) is 4.98 Å². The van der Waals surface area contributed by atoms with E-state index in [9.17, 15) is 0 Å². The van der Waals surface area contributed by atoms with Gasteiger partial charge in [0.05, 0.1) is 0 Å².